The maximum Gasteiger partial charge on any atom is 0.410 e. The third kappa shape index (κ3) is 19.1. The van der Waals surface area contributed by atoms with Gasteiger partial charge in [0.05, 0.1) is 54.8 Å². The zero-order valence-electron chi connectivity index (χ0n) is 48.5. The molecule has 8 bridgehead atoms. The molecule has 0 aromatic heterocycles. The van der Waals surface area contributed by atoms with E-state index in [1.54, 1.807) is 75.6 Å². The molecule has 468 valence electrons. The number of hydrogen-bond donors (Lipinski definition) is 5. The van der Waals surface area contributed by atoms with Gasteiger partial charge in [-0.2, -0.15) is 0 Å². The van der Waals surface area contributed by atoms with Crippen molar-refractivity contribution < 1.29 is 66.7 Å². The number of rotatable bonds is 6. The summed E-state index contributed by atoms with van der Waals surface area (Å²) >= 11 is 0. The minimum absolute atomic E-state index is 0. The Kier molecular flexibility index (Phi) is 23.7. The van der Waals surface area contributed by atoms with E-state index in [1.807, 2.05) is 30.3 Å². The van der Waals surface area contributed by atoms with E-state index in [0.29, 0.717) is 108 Å². The molecule has 6 heterocycles. The lowest BCUT2D eigenvalue weighted by atomic mass is 9.92. The van der Waals surface area contributed by atoms with Crippen LogP contribution in [0, 0.1) is 23.5 Å². The van der Waals surface area contributed by atoms with E-state index in [0.717, 1.165) is 5.56 Å². The van der Waals surface area contributed by atoms with Crippen LogP contribution in [0.25, 0.3) is 0 Å². The fraction of sp³-hybridized carbons (Fsp3) is 0.587. The Balaban J connectivity index is 0.000000270. The molecule has 4 saturated heterocycles. The van der Waals surface area contributed by atoms with Crippen molar-refractivity contribution in [2.45, 2.75) is 149 Å². The second-order valence-corrected chi connectivity index (χ2v) is 24.4. The summed E-state index contributed by atoms with van der Waals surface area (Å²) in [7, 11) is 0. The lowest BCUT2D eigenvalue weighted by Crippen LogP contribution is -2.64. The van der Waals surface area contributed by atoms with Crippen molar-refractivity contribution in [3.05, 3.63) is 107 Å². The second kappa shape index (κ2) is 30.0. The van der Waals surface area contributed by atoms with Crippen LogP contribution in [-0.4, -0.2) is 197 Å². The molecule has 3 aromatic carbocycles. The molecule has 6 aliphatic rings. The smallest absolute Gasteiger partial charge is 0.410 e. The summed E-state index contributed by atoms with van der Waals surface area (Å²) in [5, 5.41) is 32.8. The van der Waals surface area contributed by atoms with E-state index in [1.165, 1.54) is 34.1 Å². The van der Waals surface area contributed by atoms with Gasteiger partial charge in [0, 0.05) is 97.0 Å². The highest BCUT2D eigenvalue weighted by molar-refractivity contribution is 5.90. The van der Waals surface area contributed by atoms with Crippen LogP contribution in [0.1, 0.15) is 98.8 Å². The number of nitrogens with one attached hydrogen (secondary N) is 3. The number of carbonyl (C=O) groups is 6. The molecular formula is C63H90F2N8O12. The largest absolute Gasteiger partial charge is 0.493 e. The van der Waals surface area contributed by atoms with Crippen LogP contribution >= 0.6 is 0 Å². The second-order valence-electron chi connectivity index (χ2n) is 24.4. The minimum Gasteiger partial charge on any atom is -0.493 e. The molecule has 0 aliphatic carbocycles. The summed E-state index contributed by atoms with van der Waals surface area (Å²) in [5.41, 5.74) is 0.678. The van der Waals surface area contributed by atoms with Crippen molar-refractivity contribution in [1.29, 1.82) is 0 Å². The predicted octanol–water partition coefficient (Wildman–Crippen LogP) is 5.85. The number of hydrogen-bond acceptors (Lipinski definition) is 14. The Morgan fingerprint density at radius 1 is 0.647 bits per heavy atom. The molecule has 8 atom stereocenters. The molecule has 0 spiro atoms. The normalized spacial score (nSPS) is 24.3. The maximum absolute atomic E-state index is 14.7. The molecule has 20 nitrogen and oxygen atoms in total. The van der Waals surface area contributed by atoms with Crippen molar-refractivity contribution in [3.63, 3.8) is 0 Å². The fourth-order valence-electron chi connectivity index (χ4n) is 11.4. The molecule has 6 aliphatic heterocycles. The summed E-state index contributed by atoms with van der Waals surface area (Å²) in [6, 6.07) is 15.4. The zero-order chi connectivity index (χ0) is 59.6. The Morgan fingerprint density at radius 2 is 1.19 bits per heavy atom. The first kappa shape index (κ1) is 67.2. The highest BCUT2D eigenvalue weighted by atomic mass is 19.1. The van der Waals surface area contributed by atoms with Crippen LogP contribution in [0.4, 0.5) is 18.4 Å². The third-order valence-corrected chi connectivity index (χ3v) is 15.4. The van der Waals surface area contributed by atoms with Crippen molar-refractivity contribution >= 4 is 35.8 Å². The molecular weight excluding hydrogens is 1100 g/mol. The quantitative estimate of drug-likeness (QED) is 0.183. The van der Waals surface area contributed by atoms with Gasteiger partial charge in [0.25, 0.3) is 0 Å². The first-order chi connectivity index (χ1) is 39.4. The van der Waals surface area contributed by atoms with Gasteiger partial charge >= 0.3 is 12.2 Å². The van der Waals surface area contributed by atoms with E-state index in [9.17, 15) is 47.8 Å². The Morgan fingerprint density at radius 3 is 1.78 bits per heavy atom. The summed E-state index contributed by atoms with van der Waals surface area (Å²) in [6.07, 6.45) is 1.71. The predicted molar refractivity (Wildman–Crippen MR) is 316 cm³/mol. The third-order valence-electron chi connectivity index (χ3n) is 15.4. The van der Waals surface area contributed by atoms with E-state index in [2.05, 4.69) is 20.9 Å². The van der Waals surface area contributed by atoms with E-state index >= 15 is 0 Å². The lowest BCUT2D eigenvalue weighted by Gasteiger charge is -2.45. The first-order valence-electron chi connectivity index (χ1n) is 28.9. The number of nitrogens with zero attached hydrogens (tertiary/aromatic N) is 5. The number of ether oxygens (including phenoxy) is 4. The van der Waals surface area contributed by atoms with E-state index in [4.69, 9.17) is 18.9 Å². The van der Waals surface area contributed by atoms with Gasteiger partial charge in [-0.25, -0.2) is 18.4 Å². The van der Waals surface area contributed by atoms with Gasteiger partial charge < -0.3 is 54.9 Å². The molecule has 5 N–H and O–H groups in total. The number of amides is 6. The molecule has 0 saturated carbocycles. The van der Waals surface area contributed by atoms with Crippen LogP contribution in [-0.2, 0) is 48.0 Å². The molecule has 85 heavy (non-hydrogen) atoms. The number of carbonyl (C=O) groups excluding carboxylic acids is 6. The van der Waals surface area contributed by atoms with E-state index < -0.39 is 83.2 Å². The standard InChI is InChI=1S/C34H43FN4O6.C27H39FN4O6.2CH4/c1-34(2,3)45-33(43)39-13-12-37(20-23-9-5-4-6-10-23)22-29(39)31(41)28-17-24-15-26(35)19-27(16-24)44-14-8-7-11-38-21-25(18-30(38)40)32(42)36-28;1-27(2,3)38-26(36)32-8-6-29-15-22(32)24(34)21-12-17-10-19(28)14-20(11-17)37-9-5-4-7-31-16-18(13-23(31)33)25(35)30-21;;/h4-10,15-16,19,25,28-29,31,41H,11-14,17-18,20-22H2,1-3H3,(H,36,42);10-11,14,18,21-22,24,29,34H,4-9,12-13,15-16H2,1-3H3,(H,30,35);2*1H4/t25?,28-,29+,31-;18?,21-,22+,24-;;/m00../s1. The van der Waals surface area contributed by atoms with Crippen molar-refractivity contribution in [1.82, 2.24) is 40.4 Å². The lowest BCUT2D eigenvalue weighted by molar-refractivity contribution is -0.129. The van der Waals surface area contributed by atoms with Gasteiger partial charge in [-0.3, -0.25) is 33.9 Å². The summed E-state index contributed by atoms with van der Waals surface area (Å²) in [6.45, 7) is 15.6. The first-order valence-corrected chi connectivity index (χ1v) is 28.9. The van der Waals surface area contributed by atoms with Crippen molar-refractivity contribution in [2.24, 2.45) is 11.8 Å². The van der Waals surface area contributed by atoms with Crippen LogP contribution in [0.2, 0.25) is 0 Å². The summed E-state index contributed by atoms with van der Waals surface area (Å²) in [5.74, 6) is -2.39. The summed E-state index contributed by atoms with van der Waals surface area (Å²) < 4.78 is 52.0. The van der Waals surface area contributed by atoms with Gasteiger partial charge in [0.2, 0.25) is 23.6 Å². The average molecular weight is 1190 g/mol. The number of benzene rings is 3. The van der Waals surface area contributed by atoms with Crippen LogP contribution in [0.15, 0.2) is 78.9 Å². The average Bonchev–Trinajstić information content (AvgIpc) is 4.16. The molecule has 6 amide bonds. The van der Waals surface area contributed by atoms with Crippen molar-refractivity contribution in [3.8, 4) is 11.5 Å². The monoisotopic (exact) mass is 1190 g/mol. The van der Waals surface area contributed by atoms with Gasteiger partial charge in [-0.1, -0.05) is 51.3 Å². The van der Waals surface area contributed by atoms with Crippen LogP contribution in [0.5, 0.6) is 11.5 Å². The topological polar surface area (TPSA) is 232 Å². The molecule has 2 unspecified atom stereocenters. The number of fused-ring (bicyclic) bond motifs is 8. The Hall–Kier alpha value is -6.88. The number of aliphatic hydroxyl groups excluding tert-OH is 2. The van der Waals surface area contributed by atoms with Gasteiger partial charge in [-0.05, 0) is 114 Å². The van der Waals surface area contributed by atoms with Gasteiger partial charge in [0.15, 0.2) is 0 Å². The molecule has 3 aromatic rings. The number of halogens is 2. The highest BCUT2D eigenvalue weighted by Crippen LogP contribution is 2.28. The fourth-order valence-corrected chi connectivity index (χ4v) is 11.4. The Labute approximate surface area is 499 Å². The van der Waals surface area contributed by atoms with Crippen LogP contribution in [0.3, 0.4) is 0 Å². The highest BCUT2D eigenvalue weighted by Gasteiger charge is 2.44. The molecule has 22 heteroatoms. The molecule has 4 fully saturated rings. The van der Waals surface area contributed by atoms with Gasteiger partial charge in [0.1, 0.15) is 40.9 Å². The minimum atomic E-state index is -1.25. The Bertz CT molecular complexity index is 2800. The molecule has 0 radical (unpaired) electrons. The van der Waals surface area contributed by atoms with E-state index in [-0.39, 0.29) is 77.3 Å². The van der Waals surface area contributed by atoms with Crippen molar-refractivity contribution in [2.75, 3.05) is 78.7 Å². The van der Waals surface area contributed by atoms with Crippen LogP contribution < -0.4 is 25.4 Å². The zero-order valence-corrected chi connectivity index (χ0v) is 48.5. The molecule has 9 rings (SSSR count). The SMILES string of the molecule is C.C.CC(C)(C)OC(=O)N1CCN(Cc2ccccc2)C[C@@H]1[C@@H](O)[C@@H]1Cc2cc(F)cc(c2)OCC=CCN2CC(CC2=O)C(=O)N1.CC(C)(C)OC(=O)N1CCNC[C@@H]1[C@@H](O)[C@@H]1Cc2cc(F)cc(c2)OCCCCN2CC(CC2=O)C(=O)N1. The number of piperazine rings is 2. The summed E-state index contributed by atoms with van der Waals surface area (Å²) in [4.78, 5) is 87.0. The maximum atomic E-state index is 14.7. The van der Waals surface area contributed by atoms with Gasteiger partial charge in [-0.15, -0.1) is 0 Å². The number of aliphatic hydroxyl groups is 2.